The van der Waals surface area contributed by atoms with Gasteiger partial charge in [-0.15, -0.1) is 11.3 Å². The first-order valence-corrected chi connectivity index (χ1v) is 9.31. The van der Waals surface area contributed by atoms with Crippen LogP contribution in [0, 0.1) is 6.92 Å². The Labute approximate surface area is 156 Å². The summed E-state index contributed by atoms with van der Waals surface area (Å²) in [6.45, 7) is 2.02. The summed E-state index contributed by atoms with van der Waals surface area (Å²) in [4.78, 5) is 17.0. The number of hydrogen-bond acceptors (Lipinski definition) is 3. The van der Waals surface area contributed by atoms with E-state index in [0.29, 0.717) is 6.42 Å². The van der Waals surface area contributed by atoms with Crippen LogP contribution in [-0.4, -0.2) is 10.9 Å². The van der Waals surface area contributed by atoms with E-state index in [4.69, 9.17) is 0 Å². The molecule has 4 rings (SSSR count). The van der Waals surface area contributed by atoms with E-state index in [0.717, 1.165) is 32.9 Å². The molecular weight excluding hydrogens is 340 g/mol. The van der Waals surface area contributed by atoms with E-state index < -0.39 is 0 Å². The predicted molar refractivity (Wildman–Crippen MR) is 109 cm³/mol. The number of thiazole rings is 1. The molecule has 1 amide bonds. The molecule has 4 aromatic rings. The summed E-state index contributed by atoms with van der Waals surface area (Å²) in [7, 11) is 0. The Balaban J connectivity index is 1.47. The molecule has 0 aliphatic heterocycles. The first-order valence-electron chi connectivity index (χ1n) is 8.49. The number of fused-ring (bicyclic) bond motifs is 1. The maximum absolute atomic E-state index is 12.3. The van der Waals surface area contributed by atoms with E-state index in [1.165, 1.54) is 4.70 Å². The van der Waals surface area contributed by atoms with Crippen LogP contribution < -0.4 is 5.32 Å². The van der Waals surface area contributed by atoms with E-state index in [1.54, 1.807) is 11.3 Å². The molecule has 0 spiro atoms. The van der Waals surface area contributed by atoms with Gasteiger partial charge in [0.05, 0.1) is 16.6 Å². The minimum atomic E-state index is -0.00737. The third-order valence-corrected chi connectivity index (χ3v) is 5.41. The minimum Gasteiger partial charge on any atom is -0.326 e. The van der Waals surface area contributed by atoms with Crippen molar-refractivity contribution in [3.8, 4) is 10.6 Å². The lowest BCUT2D eigenvalue weighted by Crippen LogP contribution is -2.14. The minimum absolute atomic E-state index is 0.00737. The fourth-order valence-corrected chi connectivity index (χ4v) is 3.85. The molecule has 1 heterocycles. The van der Waals surface area contributed by atoms with Crippen molar-refractivity contribution in [3.63, 3.8) is 0 Å². The molecule has 3 aromatic carbocycles. The van der Waals surface area contributed by atoms with E-state index in [9.17, 15) is 4.79 Å². The van der Waals surface area contributed by atoms with Crippen LogP contribution in [0.2, 0.25) is 0 Å². The van der Waals surface area contributed by atoms with E-state index in [-0.39, 0.29) is 5.91 Å². The predicted octanol–water partition coefficient (Wildman–Crippen LogP) is 5.45. The summed E-state index contributed by atoms with van der Waals surface area (Å²) in [5.41, 5.74) is 5.06. The van der Waals surface area contributed by atoms with Crippen LogP contribution in [-0.2, 0) is 11.2 Å². The molecule has 0 bridgehead atoms. The Morgan fingerprint density at radius 1 is 0.962 bits per heavy atom. The number of amides is 1. The average molecular weight is 358 g/mol. The molecule has 0 saturated carbocycles. The zero-order valence-corrected chi connectivity index (χ0v) is 15.2. The lowest BCUT2D eigenvalue weighted by molar-refractivity contribution is -0.115. The Hall–Kier alpha value is -2.98. The SMILES string of the molecule is Cc1ccccc1CC(=O)Nc1ccc(-c2nc3ccccc3s2)cc1. The second-order valence-corrected chi connectivity index (χ2v) is 7.25. The number of aromatic nitrogens is 1. The molecule has 1 aromatic heterocycles. The number of para-hydroxylation sites is 1. The number of hydrogen-bond donors (Lipinski definition) is 1. The first-order chi connectivity index (χ1) is 12.7. The maximum Gasteiger partial charge on any atom is 0.228 e. The molecule has 26 heavy (non-hydrogen) atoms. The standard InChI is InChI=1S/C22H18N2OS/c1-15-6-2-3-7-17(15)14-21(25)23-18-12-10-16(11-13-18)22-24-19-8-4-5-9-20(19)26-22/h2-13H,14H2,1H3,(H,23,25). The van der Waals surface area contributed by atoms with Crippen molar-refractivity contribution in [1.82, 2.24) is 4.98 Å². The molecule has 1 N–H and O–H groups in total. The molecule has 0 aliphatic carbocycles. The number of rotatable bonds is 4. The van der Waals surface area contributed by atoms with Gasteiger partial charge in [-0.25, -0.2) is 4.98 Å². The lowest BCUT2D eigenvalue weighted by Gasteiger charge is -2.08. The van der Waals surface area contributed by atoms with Gasteiger partial charge in [-0.05, 0) is 54.4 Å². The molecule has 0 unspecified atom stereocenters. The number of carbonyl (C=O) groups is 1. The van der Waals surface area contributed by atoms with Crippen molar-refractivity contribution in [1.29, 1.82) is 0 Å². The van der Waals surface area contributed by atoms with Crippen molar-refractivity contribution in [3.05, 3.63) is 83.9 Å². The molecule has 0 saturated heterocycles. The van der Waals surface area contributed by atoms with Gasteiger partial charge in [-0.3, -0.25) is 4.79 Å². The summed E-state index contributed by atoms with van der Waals surface area (Å²) >= 11 is 1.68. The Morgan fingerprint density at radius 3 is 2.46 bits per heavy atom. The number of carbonyl (C=O) groups excluding carboxylic acids is 1. The Bertz CT molecular complexity index is 1030. The quantitative estimate of drug-likeness (QED) is 0.527. The van der Waals surface area contributed by atoms with E-state index in [2.05, 4.69) is 16.4 Å². The summed E-state index contributed by atoms with van der Waals surface area (Å²) in [6, 6.07) is 23.9. The highest BCUT2D eigenvalue weighted by atomic mass is 32.1. The van der Waals surface area contributed by atoms with Crippen LogP contribution in [0.15, 0.2) is 72.8 Å². The largest absolute Gasteiger partial charge is 0.326 e. The van der Waals surface area contributed by atoms with Crippen molar-refractivity contribution in [2.24, 2.45) is 0 Å². The van der Waals surface area contributed by atoms with Crippen molar-refractivity contribution < 1.29 is 4.79 Å². The molecule has 128 valence electrons. The van der Waals surface area contributed by atoms with Gasteiger partial charge in [0.25, 0.3) is 0 Å². The van der Waals surface area contributed by atoms with Crippen molar-refractivity contribution in [2.75, 3.05) is 5.32 Å². The number of benzene rings is 3. The fourth-order valence-electron chi connectivity index (χ4n) is 2.88. The Morgan fingerprint density at radius 2 is 1.69 bits per heavy atom. The molecule has 0 fully saturated rings. The van der Waals surface area contributed by atoms with Crippen LogP contribution in [0.1, 0.15) is 11.1 Å². The Kier molecular flexibility index (Phi) is 4.50. The van der Waals surface area contributed by atoms with Gasteiger partial charge in [-0.2, -0.15) is 0 Å². The molecular formula is C22H18N2OS. The third-order valence-electron chi connectivity index (χ3n) is 4.32. The molecule has 4 heteroatoms. The van der Waals surface area contributed by atoms with Crippen LogP contribution in [0.3, 0.4) is 0 Å². The highest BCUT2D eigenvalue weighted by molar-refractivity contribution is 7.21. The normalized spacial score (nSPS) is 10.8. The lowest BCUT2D eigenvalue weighted by atomic mass is 10.1. The zero-order valence-electron chi connectivity index (χ0n) is 14.4. The zero-order chi connectivity index (χ0) is 17.9. The van der Waals surface area contributed by atoms with Crippen molar-refractivity contribution in [2.45, 2.75) is 13.3 Å². The van der Waals surface area contributed by atoms with Gasteiger partial charge in [0.2, 0.25) is 5.91 Å². The summed E-state index contributed by atoms with van der Waals surface area (Å²) < 4.78 is 1.18. The summed E-state index contributed by atoms with van der Waals surface area (Å²) in [5, 5.41) is 3.96. The number of nitrogens with zero attached hydrogens (tertiary/aromatic N) is 1. The highest BCUT2D eigenvalue weighted by Gasteiger charge is 2.08. The molecule has 0 radical (unpaired) electrons. The second-order valence-electron chi connectivity index (χ2n) is 6.22. The van der Waals surface area contributed by atoms with Gasteiger partial charge < -0.3 is 5.32 Å². The fraction of sp³-hybridized carbons (Fsp3) is 0.0909. The van der Waals surface area contributed by atoms with E-state index in [1.807, 2.05) is 73.7 Å². The van der Waals surface area contributed by atoms with Crippen LogP contribution in [0.5, 0.6) is 0 Å². The van der Waals surface area contributed by atoms with Crippen molar-refractivity contribution >= 4 is 33.1 Å². The van der Waals surface area contributed by atoms with Crippen LogP contribution >= 0.6 is 11.3 Å². The van der Waals surface area contributed by atoms with Gasteiger partial charge in [0.15, 0.2) is 0 Å². The highest BCUT2D eigenvalue weighted by Crippen LogP contribution is 2.30. The third kappa shape index (κ3) is 3.51. The van der Waals surface area contributed by atoms with Gasteiger partial charge in [0, 0.05) is 11.3 Å². The van der Waals surface area contributed by atoms with Gasteiger partial charge >= 0.3 is 0 Å². The molecule has 0 atom stereocenters. The summed E-state index contributed by atoms with van der Waals surface area (Å²) in [6.07, 6.45) is 0.381. The van der Waals surface area contributed by atoms with Gasteiger partial charge in [0.1, 0.15) is 5.01 Å². The number of aryl methyl sites for hydroxylation is 1. The molecule has 3 nitrogen and oxygen atoms in total. The number of anilines is 1. The first kappa shape index (κ1) is 16.5. The topological polar surface area (TPSA) is 42.0 Å². The van der Waals surface area contributed by atoms with Crippen LogP contribution in [0.25, 0.3) is 20.8 Å². The maximum atomic E-state index is 12.3. The monoisotopic (exact) mass is 358 g/mol. The summed E-state index contributed by atoms with van der Waals surface area (Å²) in [5.74, 6) is -0.00737. The van der Waals surface area contributed by atoms with Gasteiger partial charge in [-0.1, -0.05) is 36.4 Å². The number of nitrogens with one attached hydrogen (secondary N) is 1. The van der Waals surface area contributed by atoms with Crippen LogP contribution in [0.4, 0.5) is 5.69 Å². The second kappa shape index (κ2) is 7.10. The average Bonchev–Trinajstić information content (AvgIpc) is 3.08. The smallest absolute Gasteiger partial charge is 0.228 e. The molecule has 0 aliphatic rings. The van der Waals surface area contributed by atoms with E-state index >= 15 is 0 Å².